The lowest BCUT2D eigenvalue weighted by Crippen LogP contribution is -2.37. The Morgan fingerprint density at radius 3 is 2.50 bits per heavy atom. The minimum atomic E-state index is -0.877. The molecule has 0 radical (unpaired) electrons. The number of ether oxygens (including phenoxy) is 1. The van der Waals surface area contributed by atoms with Crippen LogP contribution in [0.15, 0.2) is 35.1 Å². The predicted octanol–water partition coefficient (Wildman–Crippen LogP) is 1.47. The molecule has 2 rings (SSSR count). The SMILES string of the molecule is Cc1ccc(C(=O)NC[C@@H](O)COc2c(C)cccc2C)c(=O)[nH]1. The molecule has 0 saturated carbocycles. The van der Waals surface area contributed by atoms with Gasteiger partial charge in [-0.05, 0) is 44.0 Å². The van der Waals surface area contributed by atoms with Crippen molar-refractivity contribution in [3.05, 3.63) is 63.1 Å². The van der Waals surface area contributed by atoms with E-state index in [2.05, 4.69) is 10.3 Å². The summed E-state index contributed by atoms with van der Waals surface area (Å²) in [6, 6.07) is 8.91. The average molecular weight is 330 g/mol. The number of H-pyrrole nitrogens is 1. The van der Waals surface area contributed by atoms with Crippen LogP contribution in [0.25, 0.3) is 0 Å². The van der Waals surface area contributed by atoms with Crippen molar-refractivity contribution in [3.63, 3.8) is 0 Å². The number of nitrogens with one attached hydrogen (secondary N) is 2. The standard InChI is InChI=1S/C18H22N2O4/c1-11-5-4-6-12(2)16(11)24-10-14(21)9-19-17(22)15-8-7-13(3)20-18(15)23/h4-8,14,21H,9-10H2,1-3H3,(H,19,22)(H,20,23)/t14-/m1/s1. The van der Waals surface area contributed by atoms with Crippen LogP contribution >= 0.6 is 0 Å². The van der Waals surface area contributed by atoms with Crippen LogP contribution < -0.4 is 15.6 Å². The second-order valence-corrected chi connectivity index (χ2v) is 5.78. The summed E-state index contributed by atoms with van der Waals surface area (Å²) in [5, 5.41) is 12.5. The summed E-state index contributed by atoms with van der Waals surface area (Å²) in [5.74, 6) is 0.209. The van der Waals surface area contributed by atoms with Gasteiger partial charge in [0.1, 0.15) is 24.0 Å². The number of carbonyl (C=O) groups excluding carboxylic acids is 1. The Bertz CT molecular complexity index is 763. The normalized spacial score (nSPS) is 11.8. The number of carbonyl (C=O) groups is 1. The van der Waals surface area contributed by atoms with Gasteiger partial charge < -0.3 is 20.1 Å². The van der Waals surface area contributed by atoms with E-state index >= 15 is 0 Å². The van der Waals surface area contributed by atoms with Crippen molar-refractivity contribution in [2.45, 2.75) is 26.9 Å². The Kier molecular flexibility index (Phi) is 5.76. The first-order valence-corrected chi connectivity index (χ1v) is 7.73. The molecular formula is C18H22N2O4. The molecule has 1 atom stereocenters. The van der Waals surface area contributed by atoms with E-state index in [0.29, 0.717) is 5.69 Å². The summed E-state index contributed by atoms with van der Waals surface area (Å²) in [6.45, 7) is 5.64. The van der Waals surface area contributed by atoms with Crippen LogP contribution in [0, 0.1) is 20.8 Å². The fourth-order valence-electron chi connectivity index (χ4n) is 2.32. The first-order valence-electron chi connectivity index (χ1n) is 7.73. The molecule has 6 nitrogen and oxygen atoms in total. The number of amides is 1. The molecule has 1 heterocycles. The second-order valence-electron chi connectivity index (χ2n) is 5.78. The van der Waals surface area contributed by atoms with Crippen LogP contribution in [-0.4, -0.2) is 35.3 Å². The van der Waals surface area contributed by atoms with Crippen molar-refractivity contribution in [3.8, 4) is 5.75 Å². The topological polar surface area (TPSA) is 91.4 Å². The van der Waals surface area contributed by atoms with Crippen LogP contribution in [0.3, 0.4) is 0 Å². The lowest BCUT2D eigenvalue weighted by molar-refractivity contribution is 0.0840. The fraction of sp³-hybridized carbons (Fsp3) is 0.333. The van der Waals surface area contributed by atoms with E-state index in [4.69, 9.17) is 4.74 Å². The van der Waals surface area contributed by atoms with E-state index in [0.717, 1.165) is 16.9 Å². The lowest BCUT2D eigenvalue weighted by atomic mass is 10.1. The number of aryl methyl sites for hydroxylation is 3. The molecule has 1 aromatic carbocycles. The van der Waals surface area contributed by atoms with Gasteiger partial charge >= 0.3 is 0 Å². The van der Waals surface area contributed by atoms with Crippen molar-refractivity contribution in [2.24, 2.45) is 0 Å². The minimum Gasteiger partial charge on any atom is -0.490 e. The number of benzene rings is 1. The maximum Gasteiger partial charge on any atom is 0.260 e. The molecule has 1 amide bonds. The number of aromatic amines is 1. The minimum absolute atomic E-state index is 0.00290. The number of para-hydroxylation sites is 1. The van der Waals surface area contributed by atoms with Gasteiger partial charge in [-0.3, -0.25) is 9.59 Å². The van der Waals surface area contributed by atoms with Gasteiger partial charge in [0.15, 0.2) is 0 Å². The van der Waals surface area contributed by atoms with Gasteiger partial charge in [-0.15, -0.1) is 0 Å². The highest BCUT2D eigenvalue weighted by Gasteiger charge is 2.13. The van der Waals surface area contributed by atoms with E-state index in [1.54, 1.807) is 13.0 Å². The van der Waals surface area contributed by atoms with Crippen LogP contribution in [0.4, 0.5) is 0 Å². The third-order valence-electron chi connectivity index (χ3n) is 3.63. The smallest absolute Gasteiger partial charge is 0.260 e. The molecule has 0 aliphatic carbocycles. The second kappa shape index (κ2) is 7.79. The zero-order chi connectivity index (χ0) is 17.7. The van der Waals surface area contributed by atoms with Gasteiger partial charge in [0.05, 0.1) is 0 Å². The highest BCUT2D eigenvalue weighted by Crippen LogP contribution is 2.22. The molecule has 0 bridgehead atoms. The van der Waals surface area contributed by atoms with Crippen molar-refractivity contribution in [2.75, 3.05) is 13.2 Å². The van der Waals surface area contributed by atoms with Crippen LogP contribution in [-0.2, 0) is 0 Å². The molecule has 0 fully saturated rings. The average Bonchev–Trinajstić information content (AvgIpc) is 2.52. The zero-order valence-electron chi connectivity index (χ0n) is 14.1. The summed E-state index contributed by atoms with van der Waals surface area (Å²) in [5.41, 5.74) is 2.21. The summed E-state index contributed by atoms with van der Waals surface area (Å²) < 4.78 is 5.64. The summed E-state index contributed by atoms with van der Waals surface area (Å²) in [4.78, 5) is 26.3. The highest BCUT2D eigenvalue weighted by atomic mass is 16.5. The molecule has 6 heteroatoms. The molecule has 0 saturated heterocycles. The Balaban J connectivity index is 1.88. The third kappa shape index (κ3) is 4.45. The summed E-state index contributed by atoms with van der Waals surface area (Å²) in [7, 11) is 0. The number of aromatic nitrogens is 1. The van der Waals surface area contributed by atoms with E-state index in [1.165, 1.54) is 6.07 Å². The van der Waals surface area contributed by atoms with Gasteiger partial charge in [0.25, 0.3) is 11.5 Å². The summed E-state index contributed by atoms with van der Waals surface area (Å²) in [6.07, 6.45) is -0.877. The van der Waals surface area contributed by atoms with Crippen LogP contribution in [0.2, 0.25) is 0 Å². The number of hydrogen-bond donors (Lipinski definition) is 3. The highest BCUT2D eigenvalue weighted by molar-refractivity contribution is 5.93. The Morgan fingerprint density at radius 2 is 1.88 bits per heavy atom. The Labute approximate surface area is 140 Å². The van der Waals surface area contributed by atoms with Gasteiger partial charge in [-0.25, -0.2) is 0 Å². The number of hydrogen-bond acceptors (Lipinski definition) is 4. The maximum absolute atomic E-state index is 12.0. The fourth-order valence-corrected chi connectivity index (χ4v) is 2.32. The van der Waals surface area contributed by atoms with Gasteiger partial charge in [0, 0.05) is 12.2 Å². The molecule has 0 unspecified atom stereocenters. The maximum atomic E-state index is 12.0. The molecule has 24 heavy (non-hydrogen) atoms. The quantitative estimate of drug-likeness (QED) is 0.748. The predicted molar refractivity (Wildman–Crippen MR) is 91.6 cm³/mol. The molecule has 0 aliphatic heterocycles. The van der Waals surface area contributed by atoms with Crippen molar-refractivity contribution >= 4 is 5.91 Å². The molecule has 0 aliphatic rings. The van der Waals surface area contributed by atoms with Crippen LogP contribution in [0.5, 0.6) is 5.75 Å². The van der Waals surface area contributed by atoms with Gasteiger partial charge in [-0.2, -0.15) is 0 Å². The monoisotopic (exact) mass is 330 g/mol. The van der Waals surface area contributed by atoms with E-state index in [-0.39, 0.29) is 18.7 Å². The Morgan fingerprint density at radius 1 is 1.21 bits per heavy atom. The largest absolute Gasteiger partial charge is 0.490 e. The molecule has 2 aromatic rings. The van der Waals surface area contributed by atoms with Gasteiger partial charge in [0.2, 0.25) is 0 Å². The third-order valence-corrected chi connectivity index (χ3v) is 3.63. The zero-order valence-corrected chi connectivity index (χ0v) is 14.1. The summed E-state index contributed by atoms with van der Waals surface area (Å²) >= 11 is 0. The molecule has 128 valence electrons. The van der Waals surface area contributed by atoms with Crippen molar-refractivity contribution in [1.29, 1.82) is 0 Å². The molecule has 1 aromatic heterocycles. The lowest BCUT2D eigenvalue weighted by Gasteiger charge is -2.16. The number of rotatable bonds is 6. The van der Waals surface area contributed by atoms with E-state index in [1.807, 2.05) is 32.0 Å². The van der Waals surface area contributed by atoms with Gasteiger partial charge in [-0.1, -0.05) is 18.2 Å². The van der Waals surface area contributed by atoms with Crippen molar-refractivity contribution in [1.82, 2.24) is 10.3 Å². The van der Waals surface area contributed by atoms with E-state index in [9.17, 15) is 14.7 Å². The number of pyridine rings is 1. The number of aliphatic hydroxyl groups excluding tert-OH is 1. The first kappa shape index (κ1) is 17.7. The van der Waals surface area contributed by atoms with Crippen LogP contribution in [0.1, 0.15) is 27.2 Å². The molecular weight excluding hydrogens is 308 g/mol. The molecule has 0 spiro atoms. The van der Waals surface area contributed by atoms with Crippen molar-refractivity contribution < 1.29 is 14.6 Å². The Hall–Kier alpha value is -2.60. The molecule has 3 N–H and O–H groups in total. The number of aliphatic hydroxyl groups is 1. The van der Waals surface area contributed by atoms with E-state index < -0.39 is 17.6 Å². The first-order chi connectivity index (χ1) is 11.4.